The van der Waals surface area contributed by atoms with Crippen molar-refractivity contribution >= 4 is 0 Å². The zero-order valence-corrected chi connectivity index (χ0v) is 12.8. The molecule has 1 rings (SSSR count). The Labute approximate surface area is 117 Å². The van der Waals surface area contributed by atoms with Crippen molar-refractivity contribution in [2.45, 2.75) is 71.5 Å². The number of nitrogens with one attached hydrogen (secondary N) is 1. The highest BCUT2D eigenvalue weighted by atomic mass is 16.3. The maximum atomic E-state index is 9.70. The van der Waals surface area contributed by atoms with Crippen LogP contribution in [0.4, 0.5) is 0 Å². The zero-order valence-electron chi connectivity index (χ0n) is 12.8. The van der Waals surface area contributed by atoms with Gasteiger partial charge in [0.05, 0.1) is 6.61 Å². The van der Waals surface area contributed by atoms with Crippen LogP contribution in [-0.2, 0) is 13.0 Å². The lowest BCUT2D eigenvalue weighted by Crippen LogP contribution is -2.51. The Morgan fingerprint density at radius 1 is 1.42 bits per heavy atom. The van der Waals surface area contributed by atoms with Crippen LogP contribution in [0, 0.1) is 0 Å². The standard InChI is InChI=1S/C15H29N3O/c1-5-14-16-9-11-18(14)10-7-8-15(6-2,12-19)17-13(3)4/h9,11,13,17,19H,5-8,10,12H2,1-4H3. The van der Waals surface area contributed by atoms with Gasteiger partial charge in [0.25, 0.3) is 0 Å². The average molecular weight is 267 g/mol. The van der Waals surface area contributed by atoms with E-state index >= 15 is 0 Å². The number of aliphatic hydroxyl groups is 1. The number of aromatic nitrogens is 2. The molecule has 1 aromatic heterocycles. The molecule has 4 heteroatoms. The maximum Gasteiger partial charge on any atom is 0.108 e. The van der Waals surface area contributed by atoms with Gasteiger partial charge in [-0.2, -0.15) is 0 Å². The second kappa shape index (κ2) is 7.65. The molecule has 0 saturated carbocycles. The van der Waals surface area contributed by atoms with E-state index in [1.165, 1.54) is 0 Å². The molecule has 0 aliphatic heterocycles. The molecule has 0 aromatic carbocycles. The van der Waals surface area contributed by atoms with Crippen LogP contribution < -0.4 is 5.32 Å². The third-order valence-electron chi connectivity index (χ3n) is 3.75. The number of nitrogens with zero attached hydrogens (tertiary/aromatic N) is 2. The monoisotopic (exact) mass is 267 g/mol. The van der Waals surface area contributed by atoms with Crippen LogP contribution in [0.1, 0.15) is 52.8 Å². The first-order valence-electron chi connectivity index (χ1n) is 7.45. The molecule has 1 unspecified atom stereocenters. The lowest BCUT2D eigenvalue weighted by molar-refractivity contribution is 0.134. The van der Waals surface area contributed by atoms with Gasteiger partial charge in [-0.3, -0.25) is 0 Å². The second-order valence-corrected chi connectivity index (χ2v) is 5.59. The largest absolute Gasteiger partial charge is 0.394 e. The van der Waals surface area contributed by atoms with Gasteiger partial charge in [-0.05, 0) is 19.3 Å². The third kappa shape index (κ3) is 4.62. The predicted octanol–water partition coefficient (Wildman–Crippen LogP) is 2.36. The summed E-state index contributed by atoms with van der Waals surface area (Å²) < 4.78 is 2.22. The van der Waals surface area contributed by atoms with Gasteiger partial charge in [0.1, 0.15) is 5.82 Å². The normalized spacial score (nSPS) is 14.8. The topological polar surface area (TPSA) is 50.1 Å². The lowest BCUT2D eigenvalue weighted by Gasteiger charge is -2.34. The lowest BCUT2D eigenvalue weighted by atomic mass is 9.90. The minimum Gasteiger partial charge on any atom is -0.394 e. The van der Waals surface area contributed by atoms with Crippen LogP contribution in [0.3, 0.4) is 0 Å². The van der Waals surface area contributed by atoms with E-state index in [0.717, 1.165) is 38.1 Å². The summed E-state index contributed by atoms with van der Waals surface area (Å²) in [5, 5.41) is 13.2. The minimum atomic E-state index is -0.138. The molecule has 1 atom stereocenters. The molecule has 4 nitrogen and oxygen atoms in total. The Hall–Kier alpha value is -0.870. The van der Waals surface area contributed by atoms with E-state index in [9.17, 15) is 5.11 Å². The highest BCUT2D eigenvalue weighted by Gasteiger charge is 2.27. The molecule has 2 N–H and O–H groups in total. The molecular formula is C15H29N3O. The van der Waals surface area contributed by atoms with Crippen molar-refractivity contribution < 1.29 is 5.11 Å². The van der Waals surface area contributed by atoms with Gasteiger partial charge in [0.15, 0.2) is 0 Å². The molecule has 0 spiro atoms. The van der Waals surface area contributed by atoms with Gasteiger partial charge in [0, 0.05) is 36.9 Å². The van der Waals surface area contributed by atoms with Gasteiger partial charge in [-0.25, -0.2) is 4.98 Å². The average Bonchev–Trinajstić information content (AvgIpc) is 2.84. The van der Waals surface area contributed by atoms with Crippen molar-refractivity contribution in [3.8, 4) is 0 Å². The third-order valence-corrected chi connectivity index (χ3v) is 3.75. The van der Waals surface area contributed by atoms with Crippen molar-refractivity contribution in [2.24, 2.45) is 0 Å². The quantitative estimate of drug-likeness (QED) is 0.722. The molecule has 0 saturated heterocycles. The van der Waals surface area contributed by atoms with Gasteiger partial charge in [-0.1, -0.05) is 27.7 Å². The van der Waals surface area contributed by atoms with E-state index in [1.807, 2.05) is 12.4 Å². The van der Waals surface area contributed by atoms with E-state index < -0.39 is 0 Å². The summed E-state index contributed by atoms with van der Waals surface area (Å²) in [4.78, 5) is 4.34. The first kappa shape index (κ1) is 16.2. The van der Waals surface area contributed by atoms with E-state index in [-0.39, 0.29) is 12.1 Å². The van der Waals surface area contributed by atoms with Crippen molar-refractivity contribution in [1.29, 1.82) is 0 Å². The molecular weight excluding hydrogens is 238 g/mol. The summed E-state index contributed by atoms with van der Waals surface area (Å²) in [5.41, 5.74) is -0.138. The first-order chi connectivity index (χ1) is 9.06. The summed E-state index contributed by atoms with van der Waals surface area (Å²) in [5.74, 6) is 1.14. The molecule has 0 fully saturated rings. The predicted molar refractivity (Wildman–Crippen MR) is 79.2 cm³/mol. The Morgan fingerprint density at radius 2 is 2.16 bits per heavy atom. The van der Waals surface area contributed by atoms with Crippen LogP contribution in [-0.4, -0.2) is 32.8 Å². The number of hydrogen-bond donors (Lipinski definition) is 2. The fourth-order valence-corrected chi connectivity index (χ4v) is 2.65. The van der Waals surface area contributed by atoms with Crippen LogP contribution in [0.25, 0.3) is 0 Å². The molecule has 1 aromatic rings. The number of rotatable bonds is 9. The summed E-state index contributed by atoms with van der Waals surface area (Å²) in [6.07, 6.45) is 7.87. The van der Waals surface area contributed by atoms with E-state index in [2.05, 4.69) is 42.6 Å². The molecule has 0 radical (unpaired) electrons. The van der Waals surface area contributed by atoms with Crippen LogP contribution in [0.2, 0.25) is 0 Å². The Morgan fingerprint density at radius 3 is 2.68 bits per heavy atom. The number of imidazole rings is 1. The highest BCUT2D eigenvalue weighted by molar-refractivity contribution is 4.92. The highest BCUT2D eigenvalue weighted by Crippen LogP contribution is 2.19. The minimum absolute atomic E-state index is 0.138. The summed E-state index contributed by atoms with van der Waals surface area (Å²) in [7, 11) is 0. The Kier molecular flexibility index (Phi) is 6.52. The second-order valence-electron chi connectivity index (χ2n) is 5.59. The van der Waals surface area contributed by atoms with Gasteiger partial charge < -0.3 is 15.0 Å². The fourth-order valence-electron chi connectivity index (χ4n) is 2.65. The van der Waals surface area contributed by atoms with Crippen molar-refractivity contribution in [1.82, 2.24) is 14.9 Å². The summed E-state index contributed by atoms with van der Waals surface area (Å²) in [6.45, 7) is 9.71. The van der Waals surface area contributed by atoms with Gasteiger partial charge in [0.2, 0.25) is 0 Å². The number of aliphatic hydroxyl groups excluding tert-OH is 1. The van der Waals surface area contributed by atoms with E-state index in [4.69, 9.17) is 0 Å². The van der Waals surface area contributed by atoms with Crippen LogP contribution in [0.15, 0.2) is 12.4 Å². The van der Waals surface area contributed by atoms with Gasteiger partial charge >= 0.3 is 0 Å². The number of aryl methyl sites for hydroxylation is 2. The van der Waals surface area contributed by atoms with Crippen LogP contribution >= 0.6 is 0 Å². The Bertz CT molecular complexity index is 356. The molecule has 0 bridgehead atoms. The smallest absolute Gasteiger partial charge is 0.108 e. The van der Waals surface area contributed by atoms with Crippen molar-refractivity contribution in [2.75, 3.05) is 6.61 Å². The first-order valence-corrected chi connectivity index (χ1v) is 7.45. The fraction of sp³-hybridized carbons (Fsp3) is 0.800. The van der Waals surface area contributed by atoms with Crippen molar-refractivity contribution in [3.63, 3.8) is 0 Å². The van der Waals surface area contributed by atoms with E-state index in [1.54, 1.807) is 0 Å². The summed E-state index contributed by atoms with van der Waals surface area (Å²) >= 11 is 0. The van der Waals surface area contributed by atoms with Gasteiger partial charge in [-0.15, -0.1) is 0 Å². The Balaban J connectivity index is 2.53. The maximum absolute atomic E-state index is 9.70. The molecule has 0 aliphatic carbocycles. The van der Waals surface area contributed by atoms with Crippen LogP contribution in [0.5, 0.6) is 0 Å². The zero-order chi connectivity index (χ0) is 14.3. The van der Waals surface area contributed by atoms with E-state index in [0.29, 0.717) is 6.04 Å². The number of hydrogen-bond acceptors (Lipinski definition) is 3. The molecule has 110 valence electrons. The molecule has 0 aliphatic rings. The molecule has 19 heavy (non-hydrogen) atoms. The van der Waals surface area contributed by atoms with Crippen molar-refractivity contribution in [3.05, 3.63) is 18.2 Å². The SMILES string of the molecule is CCc1nccn1CCCC(CC)(CO)NC(C)C. The summed E-state index contributed by atoms with van der Waals surface area (Å²) in [6, 6.07) is 0.395. The molecule has 1 heterocycles. The molecule has 0 amide bonds.